The Bertz CT molecular complexity index is 377. The third-order valence-corrected chi connectivity index (χ3v) is 5.31. The summed E-state index contributed by atoms with van der Waals surface area (Å²) in [5, 5.41) is 9.37. The van der Waals surface area contributed by atoms with Gasteiger partial charge in [-0.2, -0.15) is 0 Å². The van der Waals surface area contributed by atoms with Crippen LogP contribution < -0.4 is 0 Å². The maximum absolute atomic E-state index is 11.4. The lowest BCUT2D eigenvalue weighted by Gasteiger charge is -2.06. The fourth-order valence-electron chi connectivity index (χ4n) is 3.51. The molecule has 0 radical (unpaired) electrons. The van der Waals surface area contributed by atoms with Crippen molar-refractivity contribution in [1.82, 2.24) is 0 Å². The molecule has 1 heterocycles. The van der Waals surface area contributed by atoms with Gasteiger partial charge in [0.15, 0.2) is 5.60 Å². The van der Waals surface area contributed by atoms with Gasteiger partial charge in [0.05, 0.1) is 6.10 Å². The van der Waals surface area contributed by atoms with E-state index >= 15 is 0 Å². The molecule has 0 aromatic heterocycles. The summed E-state index contributed by atoms with van der Waals surface area (Å²) in [6.07, 6.45) is 22.2. The van der Waals surface area contributed by atoms with Gasteiger partial charge in [-0.15, -0.1) is 0 Å². The van der Waals surface area contributed by atoms with E-state index < -0.39 is 11.6 Å². The van der Waals surface area contributed by atoms with Crippen LogP contribution in [0.5, 0.6) is 0 Å². The van der Waals surface area contributed by atoms with Crippen LogP contribution in [0.15, 0.2) is 12.2 Å². The Balaban J connectivity index is 1.94. The molecule has 2 unspecified atom stereocenters. The number of carboxylic acid groups (broad SMARTS) is 1. The highest BCUT2D eigenvalue weighted by Gasteiger charge is 2.61. The molecule has 2 atom stereocenters. The number of rotatable bonds is 17. The van der Waals surface area contributed by atoms with Crippen molar-refractivity contribution < 1.29 is 14.6 Å². The predicted octanol–water partition coefficient (Wildman–Crippen LogP) is 6.66. The van der Waals surface area contributed by atoms with Crippen LogP contribution >= 0.6 is 0 Å². The minimum Gasteiger partial charge on any atom is -0.479 e. The second-order valence-electron chi connectivity index (χ2n) is 7.57. The zero-order valence-electron chi connectivity index (χ0n) is 16.6. The highest BCUT2D eigenvalue weighted by atomic mass is 16.6. The first-order valence-electron chi connectivity index (χ1n) is 10.7. The smallest absolute Gasteiger partial charge is 0.338 e. The molecule has 0 bridgehead atoms. The van der Waals surface area contributed by atoms with E-state index in [1.54, 1.807) is 0 Å². The van der Waals surface area contributed by atoms with Gasteiger partial charge >= 0.3 is 5.97 Å². The Labute approximate surface area is 155 Å². The molecule has 146 valence electrons. The van der Waals surface area contributed by atoms with E-state index in [0.29, 0.717) is 6.42 Å². The molecule has 3 heteroatoms. The van der Waals surface area contributed by atoms with Gasteiger partial charge in [0, 0.05) is 0 Å². The highest BCUT2D eigenvalue weighted by Crippen LogP contribution is 2.44. The summed E-state index contributed by atoms with van der Waals surface area (Å²) in [7, 11) is 0. The summed E-state index contributed by atoms with van der Waals surface area (Å²) in [5.41, 5.74) is -0.840. The number of aliphatic carboxylic acids is 1. The van der Waals surface area contributed by atoms with Gasteiger partial charge in [0.25, 0.3) is 0 Å². The topological polar surface area (TPSA) is 49.8 Å². The van der Waals surface area contributed by atoms with Crippen molar-refractivity contribution in [3.05, 3.63) is 12.2 Å². The van der Waals surface area contributed by atoms with E-state index in [1.165, 1.54) is 57.8 Å². The van der Waals surface area contributed by atoms with Crippen LogP contribution in [0.25, 0.3) is 0 Å². The van der Waals surface area contributed by atoms with Gasteiger partial charge in [0.2, 0.25) is 0 Å². The summed E-state index contributed by atoms with van der Waals surface area (Å²) < 4.78 is 5.56. The van der Waals surface area contributed by atoms with E-state index in [0.717, 1.165) is 32.1 Å². The zero-order valence-corrected chi connectivity index (χ0v) is 16.6. The van der Waals surface area contributed by atoms with Crippen LogP contribution in [0, 0.1) is 0 Å². The Hall–Kier alpha value is -0.830. The maximum Gasteiger partial charge on any atom is 0.338 e. The van der Waals surface area contributed by atoms with Crippen LogP contribution in [0.2, 0.25) is 0 Å². The lowest BCUT2D eigenvalue weighted by molar-refractivity contribution is -0.143. The van der Waals surface area contributed by atoms with Crippen LogP contribution in [0.4, 0.5) is 0 Å². The molecule has 0 amide bonds. The third-order valence-electron chi connectivity index (χ3n) is 5.31. The number of carbonyl (C=O) groups is 1. The molecule has 1 saturated heterocycles. The average molecular weight is 353 g/mol. The van der Waals surface area contributed by atoms with E-state index in [9.17, 15) is 9.90 Å². The molecule has 0 saturated carbocycles. The van der Waals surface area contributed by atoms with Crippen molar-refractivity contribution in [2.24, 2.45) is 0 Å². The monoisotopic (exact) mass is 352 g/mol. The summed E-state index contributed by atoms with van der Waals surface area (Å²) in [4.78, 5) is 11.4. The molecule has 3 nitrogen and oxygen atoms in total. The fraction of sp³-hybridized carbons (Fsp3) is 0.864. The second kappa shape index (κ2) is 13.4. The molecule has 1 rings (SSSR count). The lowest BCUT2D eigenvalue weighted by atomic mass is 9.95. The largest absolute Gasteiger partial charge is 0.479 e. The van der Waals surface area contributed by atoms with E-state index in [1.807, 2.05) is 0 Å². The first-order valence-corrected chi connectivity index (χ1v) is 10.7. The van der Waals surface area contributed by atoms with Crippen molar-refractivity contribution >= 4 is 5.97 Å². The average Bonchev–Trinajstić information content (AvgIpc) is 3.32. The summed E-state index contributed by atoms with van der Waals surface area (Å²) in [6, 6.07) is 0. The molecule has 0 aromatic rings. The Morgan fingerprint density at radius 2 is 1.44 bits per heavy atom. The van der Waals surface area contributed by atoms with Crippen molar-refractivity contribution in [2.75, 3.05) is 0 Å². The van der Waals surface area contributed by atoms with Crippen LogP contribution in [-0.4, -0.2) is 22.8 Å². The molecule has 0 spiro atoms. The van der Waals surface area contributed by atoms with Gasteiger partial charge in [-0.05, 0) is 38.5 Å². The number of epoxide rings is 1. The molecular formula is C22H40O3. The normalized spacial score (nSPS) is 22.6. The van der Waals surface area contributed by atoms with Gasteiger partial charge in [-0.3, -0.25) is 0 Å². The molecule has 1 N–H and O–H groups in total. The molecule has 1 aliphatic heterocycles. The SMILES string of the molecule is CCCCCCCC/C=C\CCCCCC1OC1(CCCC)C(=O)O. The Morgan fingerprint density at radius 3 is 2.04 bits per heavy atom. The molecule has 25 heavy (non-hydrogen) atoms. The molecular weight excluding hydrogens is 312 g/mol. The van der Waals surface area contributed by atoms with Crippen LogP contribution in [0.3, 0.4) is 0 Å². The summed E-state index contributed by atoms with van der Waals surface area (Å²) in [6.45, 7) is 4.35. The van der Waals surface area contributed by atoms with Gasteiger partial charge in [-0.1, -0.05) is 83.8 Å². The molecule has 0 aromatic carbocycles. The quantitative estimate of drug-likeness (QED) is 0.181. The number of ether oxygens (including phenoxy) is 1. The van der Waals surface area contributed by atoms with E-state index in [2.05, 4.69) is 26.0 Å². The van der Waals surface area contributed by atoms with E-state index in [4.69, 9.17) is 4.74 Å². The first-order chi connectivity index (χ1) is 12.2. The van der Waals surface area contributed by atoms with Gasteiger partial charge in [0.1, 0.15) is 0 Å². The fourth-order valence-corrected chi connectivity index (χ4v) is 3.51. The molecule has 1 aliphatic rings. The molecule has 0 aliphatic carbocycles. The van der Waals surface area contributed by atoms with Gasteiger partial charge < -0.3 is 9.84 Å². The number of unbranched alkanes of at least 4 members (excludes halogenated alkanes) is 10. The lowest BCUT2D eigenvalue weighted by Crippen LogP contribution is -2.27. The minimum atomic E-state index is -0.840. The van der Waals surface area contributed by atoms with Crippen molar-refractivity contribution in [2.45, 2.75) is 122 Å². The third kappa shape index (κ3) is 8.89. The number of hydrogen-bond acceptors (Lipinski definition) is 2. The summed E-state index contributed by atoms with van der Waals surface area (Å²) >= 11 is 0. The van der Waals surface area contributed by atoms with Crippen molar-refractivity contribution in [1.29, 1.82) is 0 Å². The first kappa shape index (κ1) is 22.2. The maximum atomic E-state index is 11.4. The zero-order chi connectivity index (χ0) is 18.4. The minimum absolute atomic E-state index is 0.0419. The highest BCUT2D eigenvalue weighted by molar-refractivity contribution is 5.81. The predicted molar refractivity (Wildman–Crippen MR) is 105 cm³/mol. The summed E-state index contributed by atoms with van der Waals surface area (Å²) in [5.74, 6) is -0.761. The van der Waals surface area contributed by atoms with Crippen molar-refractivity contribution in [3.8, 4) is 0 Å². The van der Waals surface area contributed by atoms with E-state index in [-0.39, 0.29) is 6.10 Å². The van der Waals surface area contributed by atoms with Crippen LogP contribution in [0.1, 0.15) is 110 Å². The van der Waals surface area contributed by atoms with Crippen LogP contribution in [-0.2, 0) is 9.53 Å². The number of carboxylic acids is 1. The Morgan fingerprint density at radius 1 is 0.880 bits per heavy atom. The standard InChI is InChI=1S/C22H40O3/c1-3-5-7-8-9-10-11-12-13-14-15-16-17-18-20-22(25-20,21(23)24)19-6-4-2/h12-13,20H,3-11,14-19H2,1-2H3,(H,23,24)/b13-12-. The molecule has 1 fully saturated rings. The number of allylic oxidation sites excluding steroid dienone is 2. The number of hydrogen-bond donors (Lipinski definition) is 1. The van der Waals surface area contributed by atoms with Crippen molar-refractivity contribution in [3.63, 3.8) is 0 Å². The Kier molecular flexibility index (Phi) is 11.9. The van der Waals surface area contributed by atoms with Gasteiger partial charge in [-0.25, -0.2) is 4.79 Å². The second-order valence-corrected chi connectivity index (χ2v) is 7.57.